The summed E-state index contributed by atoms with van der Waals surface area (Å²) in [4.78, 5) is 16.4. The van der Waals surface area contributed by atoms with Gasteiger partial charge < -0.3 is 0 Å². The number of hydrogen-bond acceptors (Lipinski definition) is 8. The van der Waals surface area contributed by atoms with Gasteiger partial charge in [0, 0.05) is 41.7 Å². The predicted octanol–water partition coefficient (Wildman–Crippen LogP) is 4.89. The quantitative estimate of drug-likeness (QED) is 0.417. The topological polar surface area (TPSA) is 77.3 Å². The lowest BCUT2D eigenvalue weighted by molar-refractivity contribution is 1.18. The molecule has 0 aromatic carbocycles. The predicted molar refractivity (Wildman–Crippen MR) is 113 cm³/mol. The zero-order chi connectivity index (χ0) is 19.3. The average Bonchev–Trinajstić information content (AvgIpc) is 3.53. The lowest BCUT2D eigenvalue weighted by Gasteiger charge is -1.95. The van der Waals surface area contributed by atoms with Crippen LogP contribution in [0, 0.1) is 0 Å². The van der Waals surface area contributed by atoms with Crippen molar-refractivity contribution >= 4 is 23.1 Å². The summed E-state index contributed by atoms with van der Waals surface area (Å²) in [5.41, 5.74) is 3.55. The van der Waals surface area contributed by atoms with E-state index in [9.17, 15) is 0 Å². The molecule has 138 valence electrons. The highest BCUT2D eigenvalue weighted by atomic mass is 32.1. The van der Waals surface area contributed by atoms with Crippen LogP contribution in [0.2, 0.25) is 0 Å². The summed E-state index contributed by atoms with van der Waals surface area (Å²) in [6, 6.07) is 15.4. The van der Waals surface area contributed by atoms with Crippen LogP contribution in [0.1, 0.15) is 0 Å². The fraction of sp³-hybridized carbons (Fsp3) is 0. The van der Waals surface area contributed by atoms with Crippen molar-refractivity contribution in [3.63, 3.8) is 0 Å². The summed E-state index contributed by atoms with van der Waals surface area (Å²) in [6.45, 7) is 0. The van der Waals surface area contributed by atoms with Crippen molar-refractivity contribution in [1.29, 1.82) is 0 Å². The standard InChI is InChI=1S/C9H7N3.C8H6N2S.C3H3NS/c1-2-4-11-8(3-1)9-7-10-5-6-12-9;1-2-5-9-7(3-1)8-4-6-11-10-8;1-2-4-5-3-1/h1-7H;1-6H;1-3H. The van der Waals surface area contributed by atoms with Crippen LogP contribution in [0.4, 0.5) is 0 Å². The third-order valence-corrected chi connectivity index (χ3v) is 4.29. The molecule has 8 heteroatoms. The van der Waals surface area contributed by atoms with Crippen molar-refractivity contribution in [2.24, 2.45) is 0 Å². The first kappa shape index (κ1) is 19.4. The Morgan fingerprint density at radius 3 is 1.75 bits per heavy atom. The molecule has 0 aliphatic rings. The van der Waals surface area contributed by atoms with E-state index in [1.54, 1.807) is 37.2 Å². The number of aromatic nitrogens is 6. The molecule has 0 amide bonds. The molecule has 0 saturated carbocycles. The maximum atomic E-state index is 4.17. The summed E-state index contributed by atoms with van der Waals surface area (Å²) < 4.78 is 7.93. The summed E-state index contributed by atoms with van der Waals surface area (Å²) in [6.07, 6.45) is 10.3. The van der Waals surface area contributed by atoms with Gasteiger partial charge in [0.2, 0.25) is 0 Å². The Bertz CT molecular complexity index is 938. The van der Waals surface area contributed by atoms with Crippen LogP contribution in [0.15, 0.2) is 96.5 Å². The minimum atomic E-state index is 0.804. The smallest absolute Gasteiger partial charge is 0.107 e. The van der Waals surface area contributed by atoms with Crippen molar-refractivity contribution in [3.05, 3.63) is 96.5 Å². The molecule has 5 aromatic heterocycles. The SMILES string of the molecule is c1ccc(-c2ccsn2)nc1.c1ccc(-c2cnccn2)nc1.c1cnsc1. The van der Waals surface area contributed by atoms with Crippen LogP contribution in [0.25, 0.3) is 22.8 Å². The maximum absolute atomic E-state index is 4.17. The Balaban J connectivity index is 0.000000130. The van der Waals surface area contributed by atoms with E-state index in [1.807, 2.05) is 59.3 Å². The Labute approximate surface area is 171 Å². The van der Waals surface area contributed by atoms with Crippen molar-refractivity contribution < 1.29 is 0 Å². The molecule has 0 saturated heterocycles. The van der Waals surface area contributed by atoms with E-state index in [0.717, 1.165) is 22.8 Å². The lowest BCUT2D eigenvalue weighted by Crippen LogP contribution is -1.85. The van der Waals surface area contributed by atoms with Crippen LogP contribution < -0.4 is 0 Å². The Hall–Kier alpha value is -3.36. The number of rotatable bonds is 2. The summed E-state index contributed by atoms with van der Waals surface area (Å²) in [5.74, 6) is 0. The molecule has 0 unspecified atom stereocenters. The second kappa shape index (κ2) is 11.4. The molecule has 0 N–H and O–H groups in total. The molecule has 28 heavy (non-hydrogen) atoms. The van der Waals surface area contributed by atoms with E-state index in [2.05, 4.69) is 28.7 Å². The lowest BCUT2D eigenvalue weighted by atomic mass is 10.3. The van der Waals surface area contributed by atoms with E-state index < -0.39 is 0 Å². The zero-order valence-electron chi connectivity index (χ0n) is 14.7. The molecule has 0 aliphatic carbocycles. The largest absolute Gasteiger partial charge is 0.261 e. The first-order valence-electron chi connectivity index (χ1n) is 8.27. The minimum absolute atomic E-state index is 0.804. The molecule has 0 spiro atoms. The molecule has 6 nitrogen and oxygen atoms in total. The van der Waals surface area contributed by atoms with Gasteiger partial charge in [-0.25, -0.2) is 4.37 Å². The molecule has 0 fully saturated rings. The Morgan fingerprint density at radius 2 is 1.29 bits per heavy atom. The number of pyridine rings is 2. The summed E-state index contributed by atoms with van der Waals surface area (Å²) in [5, 5.41) is 3.88. The van der Waals surface area contributed by atoms with Gasteiger partial charge in [-0.2, -0.15) is 4.37 Å². The number of hydrogen-bond donors (Lipinski definition) is 0. The van der Waals surface area contributed by atoms with E-state index in [-0.39, 0.29) is 0 Å². The van der Waals surface area contributed by atoms with E-state index in [1.165, 1.54) is 23.1 Å². The van der Waals surface area contributed by atoms with E-state index in [4.69, 9.17) is 0 Å². The maximum Gasteiger partial charge on any atom is 0.107 e. The molecular weight excluding hydrogens is 388 g/mol. The normalized spacial score (nSPS) is 9.43. The highest BCUT2D eigenvalue weighted by Crippen LogP contribution is 2.14. The van der Waals surface area contributed by atoms with E-state index >= 15 is 0 Å². The minimum Gasteiger partial charge on any atom is -0.261 e. The van der Waals surface area contributed by atoms with Gasteiger partial charge in [0.15, 0.2) is 0 Å². The van der Waals surface area contributed by atoms with Gasteiger partial charge in [-0.1, -0.05) is 12.1 Å². The molecule has 5 aromatic rings. The monoisotopic (exact) mass is 404 g/mol. The van der Waals surface area contributed by atoms with Crippen molar-refractivity contribution in [2.75, 3.05) is 0 Å². The summed E-state index contributed by atoms with van der Waals surface area (Å²) >= 11 is 2.91. The van der Waals surface area contributed by atoms with Crippen LogP contribution in [-0.4, -0.2) is 28.7 Å². The van der Waals surface area contributed by atoms with Gasteiger partial charge in [-0.15, -0.1) is 0 Å². The molecule has 5 heterocycles. The molecule has 0 atom stereocenters. The Morgan fingerprint density at radius 1 is 0.536 bits per heavy atom. The van der Waals surface area contributed by atoms with Gasteiger partial charge in [-0.05, 0) is 59.5 Å². The van der Waals surface area contributed by atoms with Gasteiger partial charge in [0.25, 0.3) is 0 Å². The molecule has 0 aliphatic heterocycles. The van der Waals surface area contributed by atoms with E-state index in [0.29, 0.717) is 0 Å². The van der Waals surface area contributed by atoms with Gasteiger partial charge >= 0.3 is 0 Å². The first-order chi connectivity index (χ1) is 13.9. The fourth-order valence-electron chi connectivity index (χ4n) is 1.98. The first-order valence-corrected chi connectivity index (χ1v) is 9.94. The van der Waals surface area contributed by atoms with Crippen LogP contribution in [-0.2, 0) is 0 Å². The van der Waals surface area contributed by atoms with Crippen LogP contribution >= 0.6 is 23.1 Å². The van der Waals surface area contributed by atoms with Crippen molar-refractivity contribution in [1.82, 2.24) is 28.7 Å². The highest BCUT2D eigenvalue weighted by Gasteiger charge is 1.97. The van der Waals surface area contributed by atoms with Crippen LogP contribution in [0.3, 0.4) is 0 Å². The average molecular weight is 405 g/mol. The molecule has 0 bridgehead atoms. The van der Waals surface area contributed by atoms with Gasteiger partial charge in [0.1, 0.15) is 11.4 Å². The third-order valence-electron chi connectivity index (χ3n) is 3.20. The van der Waals surface area contributed by atoms with Gasteiger partial charge in [-0.3, -0.25) is 19.9 Å². The third kappa shape index (κ3) is 6.42. The molecule has 5 rings (SSSR count). The second-order valence-corrected chi connectivity index (χ2v) is 6.45. The number of nitrogens with zero attached hydrogens (tertiary/aromatic N) is 6. The van der Waals surface area contributed by atoms with Crippen LogP contribution in [0.5, 0.6) is 0 Å². The molecule has 0 radical (unpaired) electrons. The van der Waals surface area contributed by atoms with Crippen molar-refractivity contribution in [2.45, 2.75) is 0 Å². The Kier molecular flexibility index (Phi) is 7.88. The molecular formula is C20H16N6S2. The highest BCUT2D eigenvalue weighted by molar-refractivity contribution is 7.03. The summed E-state index contributed by atoms with van der Waals surface area (Å²) in [7, 11) is 0. The second-order valence-electron chi connectivity index (χ2n) is 5.09. The van der Waals surface area contributed by atoms with Crippen molar-refractivity contribution in [3.8, 4) is 22.8 Å². The zero-order valence-corrected chi connectivity index (χ0v) is 16.4. The van der Waals surface area contributed by atoms with Gasteiger partial charge in [0.05, 0.1) is 17.6 Å². The fourth-order valence-corrected chi connectivity index (χ4v) is 2.85.